The normalized spacial score (nSPS) is 18.7. The van der Waals surface area contributed by atoms with Gasteiger partial charge in [0.2, 0.25) is 5.91 Å². The fourth-order valence-corrected chi connectivity index (χ4v) is 2.24. The Balaban J connectivity index is 2.31. The molecule has 3 heteroatoms. The zero-order valence-corrected chi connectivity index (χ0v) is 9.37. The van der Waals surface area contributed by atoms with E-state index in [-0.39, 0.29) is 11.9 Å². The Kier molecular flexibility index (Phi) is 5.40. The second kappa shape index (κ2) is 6.62. The molecule has 1 fully saturated rings. The van der Waals surface area contributed by atoms with E-state index < -0.39 is 0 Å². The van der Waals surface area contributed by atoms with Gasteiger partial charge in [-0.1, -0.05) is 18.9 Å². The SMILES string of the molecule is C=CCCC(=O)NC(CN)C1CCCC1. The number of nitrogens with one attached hydrogen (secondary N) is 1. The molecule has 3 nitrogen and oxygen atoms in total. The monoisotopic (exact) mass is 210 g/mol. The summed E-state index contributed by atoms with van der Waals surface area (Å²) in [6.07, 6.45) is 8.04. The number of amides is 1. The molecule has 0 aromatic rings. The maximum absolute atomic E-state index is 11.5. The van der Waals surface area contributed by atoms with Gasteiger partial charge in [-0.05, 0) is 25.2 Å². The van der Waals surface area contributed by atoms with E-state index >= 15 is 0 Å². The fourth-order valence-electron chi connectivity index (χ4n) is 2.24. The minimum Gasteiger partial charge on any atom is -0.352 e. The average Bonchev–Trinajstić information content (AvgIpc) is 2.76. The van der Waals surface area contributed by atoms with Crippen molar-refractivity contribution in [1.82, 2.24) is 5.32 Å². The van der Waals surface area contributed by atoms with Crippen LogP contribution >= 0.6 is 0 Å². The Labute approximate surface area is 92.1 Å². The summed E-state index contributed by atoms with van der Waals surface area (Å²) in [5.74, 6) is 0.708. The van der Waals surface area contributed by atoms with Gasteiger partial charge in [0.05, 0.1) is 0 Å². The lowest BCUT2D eigenvalue weighted by atomic mass is 9.98. The smallest absolute Gasteiger partial charge is 0.220 e. The average molecular weight is 210 g/mol. The Hall–Kier alpha value is -0.830. The van der Waals surface area contributed by atoms with E-state index in [4.69, 9.17) is 5.73 Å². The van der Waals surface area contributed by atoms with Crippen molar-refractivity contribution in [3.05, 3.63) is 12.7 Å². The first-order chi connectivity index (χ1) is 7.27. The first-order valence-corrected chi connectivity index (χ1v) is 5.88. The van der Waals surface area contributed by atoms with Crippen LogP contribution in [0.2, 0.25) is 0 Å². The zero-order chi connectivity index (χ0) is 11.1. The lowest BCUT2D eigenvalue weighted by molar-refractivity contribution is -0.122. The van der Waals surface area contributed by atoms with Gasteiger partial charge in [-0.25, -0.2) is 0 Å². The van der Waals surface area contributed by atoms with Crippen molar-refractivity contribution < 1.29 is 4.79 Å². The molecular formula is C12H22N2O. The van der Waals surface area contributed by atoms with E-state index in [0.29, 0.717) is 18.9 Å². The van der Waals surface area contributed by atoms with Gasteiger partial charge in [0.15, 0.2) is 0 Å². The molecule has 3 N–H and O–H groups in total. The molecule has 1 rings (SSSR count). The third-order valence-corrected chi connectivity index (χ3v) is 3.14. The van der Waals surface area contributed by atoms with Crippen molar-refractivity contribution in [2.75, 3.05) is 6.54 Å². The Morgan fingerprint density at radius 3 is 2.73 bits per heavy atom. The minimum absolute atomic E-state index is 0.109. The highest BCUT2D eigenvalue weighted by molar-refractivity contribution is 5.76. The summed E-state index contributed by atoms with van der Waals surface area (Å²) in [6, 6.07) is 0.185. The van der Waals surface area contributed by atoms with Crippen LogP contribution in [-0.2, 0) is 4.79 Å². The molecule has 1 amide bonds. The van der Waals surface area contributed by atoms with Gasteiger partial charge in [0, 0.05) is 19.0 Å². The van der Waals surface area contributed by atoms with Gasteiger partial charge in [-0.15, -0.1) is 6.58 Å². The predicted octanol–water partition coefficient (Wildman–Crippen LogP) is 1.59. The Morgan fingerprint density at radius 2 is 2.20 bits per heavy atom. The molecule has 0 saturated heterocycles. The molecule has 0 heterocycles. The van der Waals surface area contributed by atoms with E-state index in [1.54, 1.807) is 6.08 Å². The Bertz CT molecular complexity index is 210. The lowest BCUT2D eigenvalue weighted by Crippen LogP contribution is -2.44. The second-order valence-corrected chi connectivity index (χ2v) is 4.28. The summed E-state index contributed by atoms with van der Waals surface area (Å²) in [5.41, 5.74) is 5.69. The molecule has 86 valence electrons. The zero-order valence-electron chi connectivity index (χ0n) is 9.37. The standard InChI is InChI=1S/C12H22N2O/c1-2-3-8-12(15)14-11(9-13)10-6-4-5-7-10/h2,10-11H,1,3-9,13H2,(H,14,15). The maximum atomic E-state index is 11.5. The molecule has 0 aromatic carbocycles. The molecule has 1 aliphatic rings. The molecule has 0 radical (unpaired) electrons. The summed E-state index contributed by atoms with van der Waals surface area (Å²) in [4.78, 5) is 11.5. The molecule has 1 unspecified atom stereocenters. The van der Waals surface area contributed by atoms with E-state index in [2.05, 4.69) is 11.9 Å². The predicted molar refractivity (Wildman–Crippen MR) is 62.4 cm³/mol. The van der Waals surface area contributed by atoms with Crippen molar-refractivity contribution in [3.8, 4) is 0 Å². The summed E-state index contributed by atoms with van der Waals surface area (Å²) >= 11 is 0. The maximum Gasteiger partial charge on any atom is 0.220 e. The molecule has 0 bridgehead atoms. The van der Waals surface area contributed by atoms with Crippen LogP contribution in [0, 0.1) is 5.92 Å². The third-order valence-electron chi connectivity index (χ3n) is 3.14. The highest BCUT2D eigenvalue weighted by Gasteiger charge is 2.24. The molecule has 0 aliphatic heterocycles. The van der Waals surface area contributed by atoms with Gasteiger partial charge in [-0.3, -0.25) is 4.79 Å². The first-order valence-electron chi connectivity index (χ1n) is 5.88. The van der Waals surface area contributed by atoms with Gasteiger partial charge >= 0.3 is 0 Å². The van der Waals surface area contributed by atoms with Crippen molar-refractivity contribution >= 4 is 5.91 Å². The van der Waals surface area contributed by atoms with Crippen LogP contribution in [0.5, 0.6) is 0 Å². The van der Waals surface area contributed by atoms with Crippen molar-refractivity contribution in [2.45, 2.75) is 44.6 Å². The van der Waals surface area contributed by atoms with Crippen LogP contribution in [0.4, 0.5) is 0 Å². The molecule has 1 atom stereocenters. The van der Waals surface area contributed by atoms with Crippen molar-refractivity contribution in [1.29, 1.82) is 0 Å². The largest absolute Gasteiger partial charge is 0.352 e. The number of allylic oxidation sites excluding steroid dienone is 1. The number of carbonyl (C=O) groups excluding carboxylic acids is 1. The number of rotatable bonds is 6. The topological polar surface area (TPSA) is 55.1 Å². The van der Waals surface area contributed by atoms with E-state index in [0.717, 1.165) is 6.42 Å². The molecule has 1 aliphatic carbocycles. The minimum atomic E-state index is 0.109. The van der Waals surface area contributed by atoms with Gasteiger partial charge < -0.3 is 11.1 Å². The van der Waals surface area contributed by atoms with E-state index in [1.807, 2.05) is 0 Å². The van der Waals surface area contributed by atoms with Crippen LogP contribution in [0.3, 0.4) is 0 Å². The van der Waals surface area contributed by atoms with Crippen LogP contribution in [0.15, 0.2) is 12.7 Å². The van der Waals surface area contributed by atoms with Gasteiger partial charge in [0.1, 0.15) is 0 Å². The highest BCUT2D eigenvalue weighted by Crippen LogP contribution is 2.27. The number of hydrogen-bond donors (Lipinski definition) is 2. The van der Waals surface area contributed by atoms with Gasteiger partial charge in [0.25, 0.3) is 0 Å². The van der Waals surface area contributed by atoms with Crippen LogP contribution in [0.1, 0.15) is 38.5 Å². The van der Waals surface area contributed by atoms with Crippen molar-refractivity contribution in [2.24, 2.45) is 11.7 Å². The van der Waals surface area contributed by atoms with Gasteiger partial charge in [-0.2, -0.15) is 0 Å². The number of nitrogens with two attached hydrogens (primary N) is 1. The number of hydrogen-bond acceptors (Lipinski definition) is 2. The molecule has 15 heavy (non-hydrogen) atoms. The van der Waals surface area contributed by atoms with E-state index in [1.165, 1.54) is 25.7 Å². The van der Waals surface area contributed by atoms with Crippen LogP contribution in [0.25, 0.3) is 0 Å². The van der Waals surface area contributed by atoms with Crippen LogP contribution in [-0.4, -0.2) is 18.5 Å². The summed E-state index contributed by atoms with van der Waals surface area (Å²) in [7, 11) is 0. The van der Waals surface area contributed by atoms with Crippen molar-refractivity contribution in [3.63, 3.8) is 0 Å². The summed E-state index contributed by atoms with van der Waals surface area (Å²) in [5, 5.41) is 3.03. The lowest BCUT2D eigenvalue weighted by Gasteiger charge is -2.23. The molecule has 0 spiro atoms. The summed E-state index contributed by atoms with van der Waals surface area (Å²) < 4.78 is 0. The third kappa shape index (κ3) is 4.04. The molecule has 0 aromatic heterocycles. The second-order valence-electron chi connectivity index (χ2n) is 4.28. The van der Waals surface area contributed by atoms with Crippen LogP contribution < -0.4 is 11.1 Å². The Morgan fingerprint density at radius 1 is 1.53 bits per heavy atom. The summed E-state index contributed by atoms with van der Waals surface area (Å²) in [6.45, 7) is 4.16. The van der Waals surface area contributed by atoms with E-state index in [9.17, 15) is 4.79 Å². The quantitative estimate of drug-likeness (QED) is 0.654. The highest BCUT2D eigenvalue weighted by atomic mass is 16.1. The molecular weight excluding hydrogens is 188 g/mol. The fraction of sp³-hybridized carbons (Fsp3) is 0.750. The molecule has 1 saturated carbocycles. The number of carbonyl (C=O) groups is 1. The first kappa shape index (κ1) is 12.2.